The van der Waals surface area contributed by atoms with Gasteiger partial charge in [-0.1, -0.05) is 103 Å². The van der Waals surface area contributed by atoms with Crippen molar-refractivity contribution in [2.45, 2.75) is 150 Å². The minimum Gasteiger partial charge on any atom is -0.462 e. The molecule has 0 N–H and O–H groups in total. The van der Waals surface area contributed by atoms with Crippen molar-refractivity contribution in [3.8, 4) is 0 Å². The molecule has 0 heterocycles. The standard InChI is InChI=1S/C31H62NO2/c1-6-9-10-11-12-13-15-18-21-24-27-32(7-2,8-3)28-25-22-19-16-14-17-20-23-26-29-34-31(33)30(4)5/h4,6-29H2,1-3,5H3/q+1. The Morgan fingerprint density at radius 1 is 0.588 bits per heavy atom. The van der Waals surface area contributed by atoms with Crippen molar-refractivity contribution in [3.05, 3.63) is 12.2 Å². The molecule has 0 unspecified atom stereocenters. The van der Waals surface area contributed by atoms with Gasteiger partial charge in [0.2, 0.25) is 0 Å². The monoisotopic (exact) mass is 480 g/mol. The van der Waals surface area contributed by atoms with E-state index < -0.39 is 0 Å². The van der Waals surface area contributed by atoms with Gasteiger partial charge in [0.1, 0.15) is 0 Å². The van der Waals surface area contributed by atoms with E-state index in [9.17, 15) is 4.79 Å². The zero-order chi connectivity index (χ0) is 25.3. The van der Waals surface area contributed by atoms with Crippen LogP contribution in [-0.2, 0) is 9.53 Å². The highest BCUT2D eigenvalue weighted by atomic mass is 16.5. The van der Waals surface area contributed by atoms with Crippen molar-refractivity contribution in [1.82, 2.24) is 0 Å². The maximum absolute atomic E-state index is 11.3. The number of carbonyl (C=O) groups is 1. The summed E-state index contributed by atoms with van der Waals surface area (Å²) in [4.78, 5) is 11.3. The van der Waals surface area contributed by atoms with E-state index in [2.05, 4.69) is 27.4 Å². The number of carbonyl (C=O) groups excluding carboxylic acids is 1. The van der Waals surface area contributed by atoms with Gasteiger partial charge in [0.05, 0.1) is 32.8 Å². The first-order valence-corrected chi connectivity index (χ1v) is 15.2. The quantitative estimate of drug-likeness (QED) is 0.0533. The van der Waals surface area contributed by atoms with Gasteiger partial charge in [0, 0.05) is 5.57 Å². The van der Waals surface area contributed by atoms with Crippen LogP contribution >= 0.6 is 0 Å². The Morgan fingerprint density at radius 3 is 1.29 bits per heavy atom. The summed E-state index contributed by atoms with van der Waals surface area (Å²) in [6.07, 6.45) is 26.0. The fourth-order valence-corrected chi connectivity index (χ4v) is 4.98. The fraction of sp³-hybridized carbons (Fsp3) is 0.903. The van der Waals surface area contributed by atoms with Gasteiger partial charge in [-0.3, -0.25) is 0 Å². The summed E-state index contributed by atoms with van der Waals surface area (Å²) in [5, 5.41) is 0. The van der Waals surface area contributed by atoms with E-state index in [0.29, 0.717) is 12.2 Å². The smallest absolute Gasteiger partial charge is 0.333 e. The Balaban J connectivity index is 3.63. The summed E-state index contributed by atoms with van der Waals surface area (Å²) in [6, 6.07) is 0. The molecular weight excluding hydrogens is 418 g/mol. The predicted octanol–water partition coefficient (Wildman–Crippen LogP) is 9.39. The molecule has 34 heavy (non-hydrogen) atoms. The number of hydrogen-bond acceptors (Lipinski definition) is 2. The summed E-state index contributed by atoms with van der Waals surface area (Å²) >= 11 is 0. The number of ether oxygens (including phenoxy) is 1. The normalized spacial score (nSPS) is 11.6. The number of hydrogen-bond donors (Lipinski definition) is 0. The summed E-state index contributed by atoms with van der Waals surface area (Å²) < 4.78 is 6.48. The Hall–Kier alpha value is -0.830. The molecule has 3 heteroatoms. The number of unbranched alkanes of at least 4 members (excludes halogenated alkanes) is 17. The van der Waals surface area contributed by atoms with Crippen molar-refractivity contribution in [3.63, 3.8) is 0 Å². The van der Waals surface area contributed by atoms with Crippen LogP contribution in [0.4, 0.5) is 0 Å². The minimum atomic E-state index is -0.253. The molecule has 0 aliphatic heterocycles. The second-order valence-corrected chi connectivity index (χ2v) is 10.7. The second kappa shape index (κ2) is 23.9. The Kier molecular flexibility index (Phi) is 23.3. The lowest BCUT2D eigenvalue weighted by Crippen LogP contribution is -2.49. The number of nitrogens with zero attached hydrogens (tertiary/aromatic N) is 1. The molecule has 0 aromatic heterocycles. The van der Waals surface area contributed by atoms with Crippen LogP contribution < -0.4 is 0 Å². The molecule has 0 spiro atoms. The molecule has 0 aliphatic rings. The van der Waals surface area contributed by atoms with Gasteiger partial charge >= 0.3 is 5.97 Å². The van der Waals surface area contributed by atoms with Crippen molar-refractivity contribution in [1.29, 1.82) is 0 Å². The van der Waals surface area contributed by atoms with E-state index in [1.807, 2.05) is 0 Å². The van der Waals surface area contributed by atoms with Crippen molar-refractivity contribution in [2.75, 3.05) is 32.8 Å². The number of quaternary nitrogens is 1. The molecule has 0 atom stereocenters. The van der Waals surface area contributed by atoms with Crippen LogP contribution in [0.1, 0.15) is 150 Å². The molecule has 0 fully saturated rings. The Morgan fingerprint density at radius 2 is 0.941 bits per heavy atom. The Bertz CT molecular complexity index is 470. The molecule has 0 bridgehead atoms. The van der Waals surface area contributed by atoms with Gasteiger partial charge in [0.15, 0.2) is 0 Å². The summed E-state index contributed by atoms with van der Waals surface area (Å²) in [7, 11) is 0. The van der Waals surface area contributed by atoms with Gasteiger partial charge < -0.3 is 9.22 Å². The van der Waals surface area contributed by atoms with Crippen LogP contribution in [0, 0.1) is 0 Å². The van der Waals surface area contributed by atoms with Gasteiger partial charge in [-0.25, -0.2) is 4.79 Å². The van der Waals surface area contributed by atoms with Gasteiger partial charge in [-0.2, -0.15) is 0 Å². The van der Waals surface area contributed by atoms with E-state index in [1.165, 1.54) is 140 Å². The van der Waals surface area contributed by atoms with Crippen LogP contribution in [0.3, 0.4) is 0 Å². The van der Waals surface area contributed by atoms with Crippen LogP contribution in [0.2, 0.25) is 0 Å². The Labute approximate surface area is 214 Å². The lowest BCUT2D eigenvalue weighted by atomic mass is 10.1. The number of esters is 1. The van der Waals surface area contributed by atoms with E-state index in [0.717, 1.165) is 12.8 Å². The zero-order valence-corrected chi connectivity index (χ0v) is 23.9. The average molecular weight is 481 g/mol. The average Bonchev–Trinajstić information content (AvgIpc) is 2.84. The summed E-state index contributed by atoms with van der Waals surface area (Å²) in [6.45, 7) is 18.3. The highest BCUT2D eigenvalue weighted by molar-refractivity contribution is 5.86. The van der Waals surface area contributed by atoms with E-state index in [1.54, 1.807) is 6.92 Å². The van der Waals surface area contributed by atoms with E-state index >= 15 is 0 Å². The fourth-order valence-electron chi connectivity index (χ4n) is 4.98. The van der Waals surface area contributed by atoms with Crippen molar-refractivity contribution in [2.24, 2.45) is 0 Å². The van der Waals surface area contributed by atoms with Gasteiger partial charge in [-0.15, -0.1) is 0 Å². The third-order valence-electron chi connectivity index (χ3n) is 7.69. The van der Waals surface area contributed by atoms with Crippen molar-refractivity contribution >= 4 is 5.97 Å². The molecule has 3 nitrogen and oxygen atoms in total. The van der Waals surface area contributed by atoms with Crippen LogP contribution in [0.25, 0.3) is 0 Å². The van der Waals surface area contributed by atoms with Crippen molar-refractivity contribution < 1.29 is 14.0 Å². The molecule has 0 rings (SSSR count). The highest BCUT2D eigenvalue weighted by Gasteiger charge is 2.21. The van der Waals surface area contributed by atoms with Crippen LogP contribution in [0.5, 0.6) is 0 Å². The largest absolute Gasteiger partial charge is 0.462 e. The zero-order valence-electron chi connectivity index (χ0n) is 23.9. The first-order chi connectivity index (χ1) is 16.5. The lowest BCUT2D eigenvalue weighted by Gasteiger charge is -2.37. The maximum atomic E-state index is 11.3. The molecule has 0 aromatic carbocycles. The first kappa shape index (κ1) is 33.2. The molecule has 0 radical (unpaired) electrons. The van der Waals surface area contributed by atoms with Gasteiger partial charge in [0.25, 0.3) is 0 Å². The molecule has 0 aliphatic carbocycles. The third-order valence-corrected chi connectivity index (χ3v) is 7.69. The maximum Gasteiger partial charge on any atom is 0.333 e. The lowest BCUT2D eigenvalue weighted by molar-refractivity contribution is -0.925. The third kappa shape index (κ3) is 19.5. The molecule has 202 valence electrons. The van der Waals surface area contributed by atoms with E-state index in [-0.39, 0.29) is 5.97 Å². The van der Waals surface area contributed by atoms with Gasteiger partial charge in [-0.05, 0) is 52.9 Å². The first-order valence-electron chi connectivity index (χ1n) is 15.2. The second-order valence-electron chi connectivity index (χ2n) is 10.7. The molecule has 0 amide bonds. The molecule has 0 saturated heterocycles. The topological polar surface area (TPSA) is 26.3 Å². The molecular formula is C31H62NO2+. The molecule has 0 aromatic rings. The van der Waals surface area contributed by atoms with E-state index in [4.69, 9.17) is 4.74 Å². The number of rotatable bonds is 26. The highest BCUT2D eigenvalue weighted by Crippen LogP contribution is 2.16. The summed E-state index contributed by atoms with van der Waals surface area (Å²) in [5.74, 6) is -0.253. The SMILES string of the molecule is C=C(C)C(=O)OCCCCCCCCCCC[N+](CC)(CC)CCCCCCCCCCCC. The molecule has 0 saturated carbocycles. The summed E-state index contributed by atoms with van der Waals surface area (Å²) in [5.41, 5.74) is 0.493. The van der Waals surface area contributed by atoms with Crippen LogP contribution in [0.15, 0.2) is 12.2 Å². The minimum absolute atomic E-state index is 0.253. The van der Waals surface area contributed by atoms with Crippen LogP contribution in [-0.4, -0.2) is 43.2 Å². The predicted molar refractivity (Wildman–Crippen MR) is 150 cm³/mol.